The maximum Gasteiger partial charge on any atom is 0.122 e. The summed E-state index contributed by atoms with van der Waals surface area (Å²) >= 11 is 0. The topological polar surface area (TPSA) is 71.1 Å². The van der Waals surface area contributed by atoms with Gasteiger partial charge in [-0.2, -0.15) is 0 Å². The van der Waals surface area contributed by atoms with Gasteiger partial charge in [-0.15, -0.1) is 0 Å². The van der Waals surface area contributed by atoms with E-state index in [1.165, 1.54) is 0 Å². The van der Waals surface area contributed by atoms with Crippen LogP contribution in [-0.2, 0) is 4.74 Å². The minimum atomic E-state index is -0.328. The van der Waals surface area contributed by atoms with Crippen molar-refractivity contribution in [2.75, 3.05) is 6.61 Å². The lowest BCUT2D eigenvalue weighted by atomic mass is 10.1. The number of rotatable bonds is 3. The average molecular weight is 207 g/mol. The molecule has 15 heavy (non-hydrogen) atoms. The first-order chi connectivity index (χ1) is 7.31. The van der Waals surface area contributed by atoms with Crippen LogP contribution >= 0.6 is 0 Å². The van der Waals surface area contributed by atoms with Gasteiger partial charge in [-0.05, 0) is 37.4 Å². The van der Waals surface area contributed by atoms with Crippen LogP contribution in [-0.4, -0.2) is 12.7 Å². The van der Waals surface area contributed by atoms with Crippen LogP contribution in [0, 0.1) is 6.92 Å². The summed E-state index contributed by atoms with van der Waals surface area (Å²) < 4.78 is 11.0. The molecular formula is C10H13N3O2. The zero-order valence-electron chi connectivity index (χ0n) is 8.59. The van der Waals surface area contributed by atoms with Crippen LogP contribution in [0.5, 0.6) is 0 Å². The van der Waals surface area contributed by atoms with Crippen LogP contribution in [0.4, 0.5) is 0 Å². The Hall–Kier alpha value is -1.45. The van der Waals surface area contributed by atoms with Gasteiger partial charge < -0.3 is 9.15 Å². The largest absolute Gasteiger partial charge is 0.466 e. The number of ether oxygens (including phenoxy) is 1. The lowest BCUT2D eigenvalue weighted by molar-refractivity contribution is 0.0837. The molecule has 1 aliphatic rings. The van der Waals surface area contributed by atoms with Gasteiger partial charge in [0.15, 0.2) is 0 Å². The molecule has 0 N–H and O–H groups in total. The quantitative estimate of drug-likeness (QED) is 0.434. The molecule has 1 aliphatic heterocycles. The second kappa shape index (κ2) is 4.38. The number of azide groups is 1. The molecular weight excluding hydrogens is 194 g/mol. The van der Waals surface area contributed by atoms with Crippen LogP contribution in [0.15, 0.2) is 21.7 Å². The monoisotopic (exact) mass is 207 g/mol. The van der Waals surface area contributed by atoms with Gasteiger partial charge in [0.05, 0.1) is 6.10 Å². The van der Waals surface area contributed by atoms with Gasteiger partial charge in [-0.25, -0.2) is 0 Å². The molecule has 5 heteroatoms. The highest BCUT2D eigenvalue weighted by Crippen LogP contribution is 2.31. The number of hydrogen-bond acceptors (Lipinski definition) is 3. The standard InChI is InChI=1S/C10H13N3O2/c1-7-4-5-9(15-7)10(12-13-11)8-3-2-6-14-8/h4-5,8,10H,2-3,6H2,1H3/t8-,10?/m1/s1. The smallest absolute Gasteiger partial charge is 0.122 e. The Labute approximate surface area is 87.7 Å². The minimum absolute atomic E-state index is 0.0357. The molecule has 1 aromatic rings. The van der Waals surface area contributed by atoms with Crippen molar-refractivity contribution in [3.63, 3.8) is 0 Å². The Morgan fingerprint density at radius 2 is 2.47 bits per heavy atom. The summed E-state index contributed by atoms with van der Waals surface area (Å²) in [6.07, 6.45) is 1.90. The SMILES string of the molecule is Cc1ccc(C(N=[N+]=[N-])[C@H]2CCCO2)o1. The summed E-state index contributed by atoms with van der Waals surface area (Å²) in [5.41, 5.74) is 8.53. The van der Waals surface area contributed by atoms with Crippen LogP contribution in [0.3, 0.4) is 0 Å². The van der Waals surface area contributed by atoms with E-state index >= 15 is 0 Å². The molecule has 0 aliphatic carbocycles. The zero-order valence-corrected chi connectivity index (χ0v) is 8.59. The van der Waals surface area contributed by atoms with E-state index in [1.54, 1.807) is 0 Å². The highest BCUT2D eigenvalue weighted by Gasteiger charge is 2.28. The third kappa shape index (κ3) is 2.14. The molecule has 0 amide bonds. The Bertz CT molecular complexity index is 376. The lowest BCUT2D eigenvalue weighted by Gasteiger charge is -2.15. The fourth-order valence-electron chi connectivity index (χ4n) is 1.83. The normalized spacial score (nSPS) is 22.3. The third-order valence-corrected chi connectivity index (χ3v) is 2.55. The molecule has 2 rings (SSSR count). The minimum Gasteiger partial charge on any atom is -0.466 e. The molecule has 0 spiro atoms. The van der Waals surface area contributed by atoms with Crippen LogP contribution in [0.2, 0.25) is 0 Å². The fraction of sp³-hybridized carbons (Fsp3) is 0.600. The van der Waals surface area contributed by atoms with E-state index in [2.05, 4.69) is 10.0 Å². The number of aryl methyl sites for hydroxylation is 1. The van der Waals surface area contributed by atoms with Gasteiger partial charge in [0.2, 0.25) is 0 Å². The highest BCUT2D eigenvalue weighted by molar-refractivity contribution is 5.11. The predicted octanol–water partition coefficient (Wildman–Crippen LogP) is 3.12. The maximum absolute atomic E-state index is 8.53. The maximum atomic E-state index is 8.53. The summed E-state index contributed by atoms with van der Waals surface area (Å²) in [6.45, 7) is 2.61. The van der Waals surface area contributed by atoms with Crippen molar-refractivity contribution >= 4 is 0 Å². The molecule has 1 fully saturated rings. The van der Waals surface area contributed by atoms with E-state index in [4.69, 9.17) is 14.7 Å². The molecule has 2 atom stereocenters. The van der Waals surface area contributed by atoms with Crippen LogP contribution < -0.4 is 0 Å². The summed E-state index contributed by atoms with van der Waals surface area (Å²) in [4.78, 5) is 2.85. The molecule has 1 saturated heterocycles. The van der Waals surface area contributed by atoms with Gasteiger partial charge in [-0.3, -0.25) is 0 Å². The van der Waals surface area contributed by atoms with E-state index in [0.717, 1.165) is 25.2 Å². The van der Waals surface area contributed by atoms with Crippen LogP contribution in [0.1, 0.15) is 30.4 Å². The lowest BCUT2D eigenvalue weighted by Crippen LogP contribution is -2.14. The van der Waals surface area contributed by atoms with Gasteiger partial charge in [-0.1, -0.05) is 5.11 Å². The Balaban J connectivity index is 2.22. The third-order valence-electron chi connectivity index (χ3n) is 2.55. The number of hydrogen-bond donors (Lipinski definition) is 0. The molecule has 0 aromatic carbocycles. The highest BCUT2D eigenvalue weighted by atomic mass is 16.5. The summed E-state index contributed by atoms with van der Waals surface area (Å²) in [7, 11) is 0. The van der Waals surface area contributed by atoms with Crippen molar-refractivity contribution in [3.05, 3.63) is 34.1 Å². The van der Waals surface area contributed by atoms with Crippen molar-refractivity contribution in [1.82, 2.24) is 0 Å². The number of nitrogens with zero attached hydrogens (tertiary/aromatic N) is 3. The zero-order chi connectivity index (χ0) is 10.7. The summed E-state index contributed by atoms with van der Waals surface area (Å²) in [5.74, 6) is 1.51. The first kappa shape index (κ1) is 10.1. The molecule has 80 valence electrons. The van der Waals surface area contributed by atoms with E-state index in [0.29, 0.717) is 5.76 Å². The molecule has 2 heterocycles. The Kier molecular flexibility index (Phi) is 2.94. The van der Waals surface area contributed by atoms with E-state index in [-0.39, 0.29) is 12.1 Å². The van der Waals surface area contributed by atoms with Crippen molar-refractivity contribution in [2.45, 2.75) is 31.9 Å². The fourth-order valence-corrected chi connectivity index (χ4v) is 1.83. The second-order valence-corrected chi connectivity index (χ2v) is 3.65. The first-order valence-corrected chi connectivity index (χ1v) is 5.03. The molecule has 0 bridgehead atoms. The first-order valence-electron chi connectivity index (χ1n) is 5.03. The van der Waals surface area contributed by atoms with Crippen molar-refractivity contribution in [1.29, 1.82) is 0 Å². The van der Waals surface area contributed by atoms with Crippen molar-refractivity contribution < 1.29 is 9.15 Å². The van der Waals surface area contributed by atoms with E-state index in [1.807, 2.05) is 19.1 Å². The van der Waals surface area contributed by atoms with E-state index < -0.39 is 0 Å². The van der Waals surface area contributed by atoms with Crippen molar-refractivity contribution in [3.8, 4) is 0 Å². The van der Waals surface area contributed by atoms with Gasteiger partial charge >= 0.3 is 0 Å². The van der Waals surface area contributed by atoms with Gasteiger partial charge in [0.1, 0.15) is 17.6 Å². The second-order valence-electron chi connectivity index (χ2n) is 3.65. The Morgan fingerprint density at radius 1 is 1.60 bits per heavy atom. The molecule has 1 unspecified atom stereocenters. The van der Waals surface area contributed by atoms with Crippen LogP contribution in [0.25, 0.3) is 10.4 Å². The van der Waals surface area contributed by atoms with E-state index in [9.17, 15) is 0 Å². The van der Waals surface area contributed by atoms with Crippen molar-refractivity contribution in [2.24, 2.45) is 5.11 Å². The Morgan fingerprint density at radius 3 is 3.00 bits per heavy atom. The predicted molar refractivity (Wildman–Crippen MR) is 54.3 cm³/mol. The summed E-state index contributed by atoms with van der Waals surface area (Å²) in [6, 6.07) is 3.38. The molecule has 0 saturated carbocycles. The van der Waals surface area contributed by atoms with Gasteiger partial charge in [0, 0.05) is 11.5 Å². The molecule has 0 radical (unpaired) electrons. The molecule has 1 aromatic heterocycles. The molecule has 5 nitrogen and oxygen atoms in total. The number of furan rings is 1. The van der Waals surface area contributed by atoms with Gasteiger partial charge in [0.25, 0.3) is 0 Å². The average Bonchev–Trinajstić information content (AvgIpc) is 2.85. The summed E-state index contributed by atoms with van der Waals surface area (Å²) in [5, 5.41) is 3.75.